The van der Waals surface area contributed by atoms with E-state index < -0.39 is 0 Å². The van der Waals surface area contributed by atoms with Gasteiger partial charge in [0.05, 0.1) is 11.3 Å². The van der Waals surface area contributed by atoms with Gasteiger partial charge in [-0.05, 0) is 12.1 Å². The number of anilines is 1. The predicted molar refractivity (Wildman–Crippen MR) is 67.8 cm³/mol. The first-order valence-electron chi connectivity index (χ1n) is 6.09. The molecule has 0 fully saturated rings. The van der Waals surface area contributed by atoms with Crippen molar-refractivity contribution in [3.05, 3.63) is 24.0 Å². The molecule has 5 heteroatoms. The van der Waals surface area contributed by atoms with Crippen molar-refractivity contribution < 1.29 is 9.26 Å². The number of fused-ring (bicyclic) bond motifs is 1. The molecule has 5 nitrogen and oxygen atoms in total. The van der Waals surface area contributed by atoms with Gasteiger partial charge in [0.15, 0.2) is 11.6 Å². The maximum absolute atomic E-state index is 5.69. The van der Waals surface area contributed by atoms with Gasteiger partial charge in [-0.1, -0.05) is 25.1 Å². The molecule has 0 amide bonds. The van der Waals surface area contributed by atoms with E-state index in [1.54, 1.807) is 0 Å². The summed E-state index contributed by atoms with van der Waals surface area (Å²) >= 11 is 0. The molecule has 1 aromatic carbocycles. The van der Waals surface area contributed by atoms with Crippen LogP contribution in [0.25, 0.3) is 11.5 Å². The van der Waals surface area contributed by atoms with Crippen LogP contribution >= 0.6 is 0 Å². The second kappa shape index (κ2) is 4.33. The van der Waals surface area contributed by atoms with E-state index in [2.05, 4.69) is 15.5 Å². The average Bonchev–Trinajstić information content (AvgIpc) is 2.87. The van der Waals surface area contributed by atoms with Gasteiger partial charge in [0.1, 0.15) is 6.61 Å². The fraction of sp³-hybridized carbons (Fsp3) is 0.385. The smallest absolute Gasteiger partial charge is 0.261 e. The van der Waals surface area contributed by atoms with Crippen LogP contribution in [0.15, 0.2) is 22.7 Å². The van der Waals surface area contributed by atoms with Gasteiger partial charge < -0.3 is 14.6 Å². The molecule has 1 aliphatic rings. The van der Waals surface area contributed by atoms with E-state index in [0.29, 0.717) is 18.3 Å². The Labute approximate surface area is 105 Å². The number of benzene rings is 1. The molecule has 0 radical (unpaired) electrons. The van der Waals surface area contributed by atoms with E-state index in [1.165, 1.54) is 0 Å². The highest BCUT2D eigenvalue weighted by molar-refractivity contribution is 5.74. The average molecular weight is 245 g/mol. The molecule has 0 spiro atoms. The Morgan fingerprint density at radius 2 is 2.22 bits per heavy atom. The fourth-order valence-corrected chi connectivity index (χ4v) is 1.92. The molecule has 3 rings (SSSR count). The number of nitrogens with one attached hydrogen (secondary N) is 1. The SMILES string of the molecule is CC(C)c1noc(-c2cccc3c2OCCN3)n1. The van der Waals surface area contributed by atoms with E-state index in [4.69, 9.17) is 9.26 Å². The Morgan fingerprint density at radius 1 is 1.33 bits per heavy atom. The Bertz CT molecular complexity index is 563. The van der Waals surface area contributed by atoms with Crippen LogP contribution in [0.1, 0.15) is 25.6 Å². The molecule has 18 heavy (non-hydrogen) atoms. The van der Waals surface area contributed by atoms with Crippen molar-refractivity contribution in [3.63, 3.8) is 0 Å². The van der Waals surface area contributed by atoms with Crippen LogP contribution in [-0.4, -0.2) is 23.3 Å². The van der Waals surface area contributed by atoms with Crippen molar-refractivity contribution in [1.82, 2.24) is 10.1 Å². The van der Waals surface area contributed by atoms with Crippen LogP contribution < -0.4 is 10.1 Å². The van der Waals surface area contributed by atoms with Crippen molar-refractivity contribution in [2.24, 2.45) is 0 Å². The van der Waals surface area contributed by atoms with Gasteiger partial charge in [-0.2, -0.15) is 4.98 Å². The molecule has 2 aromatic rings. The maximum Gasteiger partial charge on any atom is 0.261 e. The minimum Gasteiger partial charge on any atom is -0.489 e. The van der Waals surface area contributed by atoms with Gasteiger partial charge in [0.25, 0.3) is 5.89 Å². The van der Waals surface area contributed by atoms with Gasteiger partial charge in [-0.25, -0.2) is 0 Å². The predicted octanol–water partition coefficient (Wildman–Crippen LogP) is 2.66. The summed E-state index contributed by atoms with van der Waals surface area (Å²) < 4.78 is 11.0. The van der Waals surface area contributed by atoms with E-state index in [9.17, 15) is 0 Å². The second-order valence-corrected chi connectivity index (χ2v) is 4.57. The summed E-state index contributed by atoms with van der Waals surface area (Å²) in [4.78, 5) is 4.40. The summed E-state index contributed by atoms with van der Waals surface area (Å²) in [5.41, 5.74) is 1.82. The normalized spacial score (nSPS) is 13.9. The molecule has 0 saturated heterocycles. The zero-order valence-corrected chi connectivity index (χ0v) is 10.4. The van der Waals surface area contributed by atoms with E-state index in [0.717, 1.165) is 23.5 Å². The number of nitrogens with zero attached hydrogens (tertiary/aromatic N) is 2. The lowest BCUT2D eigenvalue weighted by Crippen LogP contribution is -2.18. The molecule has 94 valence electrons. The third-order valence-electron chi connectivity index (χ3n) is 2.87. The van der Waals surface area contributed by atoms with Crippen LogP contribution in [0.5, 0.6) is 5.75 Å². The van der Waals surface area contributed by atoms with Gasteiger partial charge in [-0.3, -0.25) is 0 Å². The minimum atomic E-state index is 0.251. The largest absolute Gasteiger partial charge is 0.489 e. The Kier molecular flexibility index (Phi) is 2.66. The lowest BCUT2D eigenvalue weighted by molar-refractivity contribution is 0.322. The lowest BCUT2D eigenvalue weighted by atomic mass is 10.1. The number of rotatable bonds is 2. The first kappa shape index (κ1) is 11.1. The first-order valence-corrected chi connectivity index (χ1v) is 6.09. The summed E-state index contributed by atoms with van der Waals surface area (Å²) in [5, 5.41) is 7.27. The maximum atomic E-state index is 5.69. The lowest BCUT2D eigenvalue weighted by Gasteiger charge is -2.20. The minimum absolute atomic E-state index is 0.251. The summed E-state index contributed by atoms with van der Waals surface area (Å²) in [5.74, 6) is 2.27. The highest BCUT2D eigenvalue weighted by Gasteiger charge is 2.20. The number of ether oxygens (including phenoxy) is 1. The van der Waals surface area contributed by atoms with Crippen molar-refractivity contribution in [2.45, 2.75) is 19.8 Å². The number of hydrogen-bond donors (Lipinski definition) is 1. The van der Waals surface area contributed by atoms with Crippen LogP contribution in [0.4, 0.5) is 5.69 Å². The molecule has 1 aliphatic heterocycles. The van der Waals surface area contributed by atoms with E-state index in [1.807, 2.05) is 32.0 Å². The van der Waals surface area contributed by atoms with Crippen molar-refractivity contribution in [2.75, 3.05) is 18.5 Å². The third-order valence-corrected chi connectivity index (χ3v) is 2.87. The Balaban J connectivity index is 2.05. The molecule has 1 N–H and O–H groups in total. The quantitative estimate of drug-likeness (QED) is 0.881. The molecule has 1 aromatic heterocycles. The van der Waals surface area contributed by atoms with Crippen molar-refractivity contribution >= 4 is 5.69 Å². The summed E-state index contributed by atoms with van der Waals surface area (Å²) in [6.07, 6.45) is 0. The second-order valence-electron chi connectivity index (χ2n) is 4.57. The van der Waals surface area contributed by atoms with Crippen LogP contribution in [0.3, 0.4) is 0 Å². The highest BCUT2D eigenvalue weighted by Crippen LogP contribution is 2.37. The van der Waals surface area contributed by atoms with Gasteiger partial charge in [-0.15, -0.1) is 0 Å². The monoisotopic (exact) mass is 245 g/mol. The van der Waals surface area contributed by atoms with Crippen LogP contribution in [-0.2, 0) is 0 Å². The molecule has 0 aliphatic carbocycles. The van der Waals surface area contributed by atoms with Crippen LogP contribution in [0.2, 0.25) is 0 Å². The Morgan fingerprint density at radius 3 is 3.00 bits per heavy atom. The zero-order valence-electron chi connectivity index (χ0n) is 10.4. The first-order chi connectivity index (χ1) is 8.75. The zero-order chi connectivity index (χ0) is 12.5. The number of hydrogen-bond acceptors (Lipinski definition) is 5. The summed E-state index contributed by atoms with van der Waals surface area (Å²) in [7, 11) is 0. The van der Waals surface area contributed by atoms with Gasteiger partial charge in [0, 0.05) is 12.5 Å². The van der Waals surface area contributed by atoms with Gasteiger partial charge in [0.2, 0.25) is 0 Å². The molecular formula is C13H15N3O2. The molecular weight excluding hydrogens is 230 g/mol. The third kappa shape index (κ3) is 1.81. The van der Waals surface area contributed by atoms with Crippen molar-refractivity contribution in [1.29, 1.82) is 0 Å². The number of aromatic nitrogens is 2. The van der Waals surface area contributed by atoms with E-state index in [-0.39, 0.29) is 5.92 Å². The fourth-order valence-electron chi connectivity index (χ4n) is 1.92. The molecule has 0 bridgehead atoms. The van der Waals surface area contributed by atoms with E-state index >= 15 is 0 Å². The van der Waals surface area contributed by atoms with Crippen molar-refractivity contribution in [3.8, 4) is 17.2 Å². The number of para-hydroxylation sites is 1. The Hall–Kier alpha value is -2.04. The molecule has 0 atom stereocenters. The molecule has 0 saturated carbocycles. The standard InChI is InChI=1S/C13H15N3O2/c1-8(2)12-15-13(18-16-12)9-4-3-5-10-11(9)17-7-6-14-10/h3-5,8,14H,6-7H2,1-2H3. The molecule has 2 heterocycles. The van der Waals surface area contributed by atoms with Crippen LogP contribution in [0, 0.1) is 0 Å². The highest BCUT2D eigenvalue weighted by atomic mass is 16.5. The summed E-state index contributed by atoms with van der Waals surface area (Å²) in [6.45, 7) is 5.53. The topological polar surface area (TPSA) is 60.2 Å². The summed E-state index contributed by atoms with van der Waals surface area (Å²) in [6, 6.07) is 5.87. The van der Waals surface area contributed by atoms with Gasteiger partial charge >= 0.3 is 0 Å². The molecule has 0 unspecified atom stereocenters.